The van der Waals surface area contributed by atoms with Crippen LogP contribution in [0.1, 0.15) is 0 Å². The van der Waals surface area contributed by atoms with Crippen molar-refractivity contribution in [2.24, 2.45) is 0 Å². The molecule has 1 rings (SSSR count). The summed E-state index contributed by atoms with van der Waals surface area (Å²) < 4.78 is 14.6. The van der Waals surface area contributed by atoms with Gasteiger partial charge >= 0.3 is 59.6 Å². The average Bonchev–Trinajstić information content (AvgIpc) is 1.88. The van der Waals surface area contributed by atoms with Gasteiger partial charge in [0.1, 0.15) is 5.75 Å². The molecule has 1 unspecified atom stereocenters. The van der Waals surface area contributed by atoms with Gasteiger partial charge in [0.2, 0.25) is 0 Å². The van der Waals surface area contributed by atoms with E-state index in [-0.39, 0.29) is 51.4 Å². The van der Waals surface area contributed by atoms with Crippen LogP contribution in [0.4, 0.5) is 0 Å². The van der Waals surface area contributed by atoms with Gasteiger partial charge in [-0.3, -0.25) is 0 Å². The Morgan fingerprint density at radius 3 is 2.27 bits per heavy atom. The molecule has 1 aromatic carbocycles. The van der Waals surface area contributed by atoms with E-state index in [1.54, 1.807) is 30.3 Å². The summed E-state index contributed by atoms with van der Waals surface area (Å²) in [5.74, 6) is 0.425. The van der Waals surface area contributed by atoms with Gasteiger partial charge in [0.25, 0.3) is 0 Å². The fraction of sp³-hybridized carbons (Fsp3) is 0. The van der Waals surface area contributed by atoms with Crippen LogP contribution in [0.25, 0.3) is 0 Å². The molecule has 0 amide bonds. The van der Waals surface area contributed by atoms with Crippen molar-refractivity contribution < 1.29 is 14.0 Å². The van der Waals surface area contributed by atoms with E-state index in [4.69, 9.17) is 4.89 Å². The topological polar surface area (TPSA) is 46.5 Å². The van der Waals surface area contributed by atoms with E-state index >= 15 is 0 Å². The molecule has 1 atom stereocenters. The zero-order chi connectivity index (χ0) is 7.40. The maximum absolute atomic E-state index is 10.1. The second-order valence-corrected chi connectivity index (χ2v) is 2.42. The van der Waals surface area contributed by atoms with Crippen LogP contribution in [0.15, 0.2) is 30.3 Å². The van der Waals surface area contributed by atoms with Gasteiger partial charge in [0, 0.05) is 0 Å². The Bertz CT molecular complexity index is 227. The second-order valence-electron chi connectivity index (χ2n) is 1.68. The summed E-state index contributed by atoms with van der Waals surface area (Å²) in [7, 11) is -2.84. The van der Waals surface area contributed by atoms with Crippen LogP contribution in [-0.4, -0.2) is 56.3 Å². The Morgan fingerprint density at radius 1 is 1.27 bits per heavy atom. The van der Waals surface area contributed by atoms with Crippen molar-refractivity contribution in [2.75, 3.05) is 0 Å². The molecule has 1 N–H and O–H groups in total. The fourth-order valence-corrected chi connectivity index (χ4v) is 0.927. The van der Waals surface area contributed by atoms with E-state index in [0.717, 1.165) is 0 Å². The standard InChI is InChI=1S/C6H7O3P.K.H/c7-10(8)9-6-4-2-1-3-5-6;;/h1-5,10H,(H,7,8);;. The molecule has 5 heteroatoms. The van der Waals surface area contributed by atoms with Gasteiger partial charge in [-0.2, -0.15) is 0 Å². The predicted molar refractivity (Wildman–Crippen MR) is 45.4 cm³/mol. The fourth-order valence-electron chi connectivity index (χ4n) is 0.589. The molecule has 0 aliphatic rings. The van der Waals surface area contributed by atoms with Crippen LogP contribution in [0, 0.1) is 0 Å². The van der Waals surface area contributed by atoms with Crippen molar-refractivity contribution >= 4 is 59.6 Å². The first-order valence-electron chi connectivity index (χ1n) is 2.75. The molecule has 0 bridgehead atoms. The predicted octanol–water partition coefficient (Wildman–Crippen LogP) is 0.799. The summed E-state index contributed by atoms with van der Waals surface area (Å²) in [6, 6.07) is 8.53. The van der Waals surface area contributed by atoms with E-state index in [1.807, 2.05) is 0 Å². The SMILES string of the molecule is O=[PH](O)Oc1ccccc1.[KH]. The molecule has 11 heavy (non-hydrogen) atoms. The third kappa shape index (κ3) is 5.14. The van der Waals surface area contributed by atoms with Crippen molar-refractivity contribution in [1.29, 1.82) is 0 Å². The van der Waals surface area contributed by atoms with Gasteiger partial charge in [0.05, 0.1) is 0 Å². The number of benzene rings is 1. The van der Waals surface area contributed by atoms with Crippen molar-refractivity contribution in [1.82, 2.24) is 0 Å². The van der Waals surface area contributed by atoms with E-state index in [9.17, 15) is 4.57 Å². The zero-order valence-corrected chi connectivity index (χ0v) is 6.15. The van der Waals surface area contributed by atoms with Crippen molar-refractivity contribution in [3.05, 3.63) is 30.3 Å². The quantitative estimate of drug-likeness (QED) is 0.564. The molecule has 0 aliphatic carbocycles. The molecule has 0 aromatic heterocycles. The maximum atomic E-state index is 10.1. The number of hydrogen-bond acceptors (Lipinski definition) is 2. The first-order valence-corrected chi connectivity index (χ1v) is 4.01. The van der Waals surface area contributed by atoms with E-state index in [2.05, 4.69) is 4.52 Å². The first kappa shape index (κ1) is 11.8. The Hall–Kier alpha value is 0.846. The third-order valence-corrected chi connectivity index (χ3v) is 1.36. The summed E-state index contributed by atoms with van der Waals surface area (Å²) in [5, 5.41) is 0. The molecular weight excluding hydrogens is 190 g/mol. The van der Waals surface area contributed by atoms with Gasteiger partial charge in [-0.1, -0.05) is 18.2 Å². The van der Waals surface area contributed by atoms with Crippen molar-refractivity contribution in [3.63, 3.8) is 0 Å². The molecule has 0 spiro atoms. The van der Waals surface area contributed by atoms with Crippen LogP contribution in [0.2, 0.25) is 0 Å². The number of hydrogen-bond donors (Lipinski definition) is 1. The van der Waals surface area contributed by atoms with Gasteiger partial charge in [-0.25, -0.2) is 4.57 Å². The molecule has 56 valence electrons. The Kier molecular flexibility index (Phi) is 6.86. The molecule has 1 aromatic rings. The summed E-state index contributed by atoms with van der Waals surface area (Å²) in [6.07, 6.45) is 0. The van der Waals surface area contributed by atoms with E-state index in [1.165, 1.54) is 0 Å². The average molecular weight is 198 g/mol. The molecular formula is C6H8KO3P. The van der Waals surface area contributed by atoms with Crippen LogP contribution < -0.4 is 4.52 Å². The Labute approximate surface area is 108 Å². The summed E-state index contributed by atoms with van der Waals surface area (Å²) >= 11 is 0. The van der Waals surface area contributed by atoms with Gasteiger partial charge < -0.3 is 9.42 Å². The van der Waals surface area contributed by atoms with Crippen LogP contribution >= 0.6 is 8.25 Å². The normalized spacial score (nSPS) is 11.4. The van der Waals surface area contributed by atoms with Gasteiger partial charge in [-0.15, -0.1) is 0 Å². The van der Waals surface area contributed by atoms with Crippen LogP contribution in [-0.2, 0) is 4.57 Å². The van der Waals surface area contributed by atoms with Crippen LogP contribution in [0.5, 0.6) is 5.75 Å². The Balaban J connectivity index is 0.000001000. The summed E-state index contributed by atoms with van der Waals surface area (Å²) in [4.78, 5) is 8.33. The molecule has 3 nitrogen and oxygen atoms in total. The van der Waals surface area contributed by atoms with Gasteiger partial charge in [-0.05, 0) is 12.1 Å². The molecule has 0 aliphatic heterocycles. The second kappa shape index (κ2) is 6.37. The summed E-state index contributed by atoms with van der Waals surface area (Å²) in [5.41, 5.74) is 0. The monoisotopic (exact) mass is 198 g/mol. The molecule has 0 saturated carbocycles. The Morgan fingerprint density at radius 2 is 1.82 bits per heavy atom. The van der Waals surface area contributed by atoms with E-state index in [0.29, 0.717) is 5.75 Å². The summed E-state index contributed by atoms with van der Waals surface area (Å²) in [6.45, 7) is 0. The van der Waals surface area contributed by atoms with Crippen molar-refractivity contribution in [2.45, 2.75) is 0 Å². The molecule has 0 heterocycles. The molecule has 0 fully saturated rings. The molecule has 0 saturated heterocycles. The number of rotatable bonds is 2. The van der Waals surface area contributed by atoms with Gasteiger partial charge in [0.15, 0.2) is 0 Å². The van der Waals surface area contributed by atoms with Crippen LogP contribution in [0.3, 0.4) is 0 Å². The molecule has 0 radical (unpaired) electrons. The minimum atomic E-state index is -2.84. The first-order chi connectivity index (χ1) is 4.79. The van der Waals surface area contributed by atoms with E-state index < -0.39 is 8.25 Å². The van der Waals surface area contributed by atoms with Crippen molar-refractivity contribution in [3.8, 4) is 5.75 Å². The third-order valence-electron chi connectivity index (χ3n) is 0.948. The zero-order valence-electron chi connectivity index (χ0n) is 5.15. The minimum absolute atomic E-state index is 0. The number of para-hydroxylation sites is 1.